The molecule has 4 rings (SSSR count). The maximum Gasteiger partial charge on any atom is 0.573 e. The number of carbonyl (C=O) groups is 2. The van der Waals surface area contributed by atoms with Gasteiger partial charge in [0.1, 0.15) is 18.2 Å². The number of aromatic nitrogens is 2. The third kappa shape index (κ3) is 7.16. The number of hydrogen-bond donors (Lipinski definition) is 3. The topological polar surface area (TPSA) is 114 Å². The molecule has 0 fully saturated rings. The number of fused-ring (bicyclic) bond motifs is 1. The Labute approximate surface area is 231 Å². The standard InChI is InChI=1S/C27H23ClF3N5O4/c1-32-25-19-8-7-17(34-26(38)20-10-15(6-9-21(20)28)13-33-23(37)14-39-2)12-22(19)35-24(36-25)16-4-3-5-18(11-16)40-27(29,30)31/h3-12H,13-14H2,1-2H3,(H,33,37)(H,34,38)(H,32,35,36). The molecular formula is C27H23ClF3N5O4. The summed E-state index contributed by atoms with van der Waals surface area (Å²) in [6.45, 7) is 0.0908. The second-order valence-corrected chi connectivity index (χ2v) is 8.84. The molecule has 208 valence electrons. The number of ether oxygens (including phenoxy) is 2. The van der Waals surface area contributed by atoms with E-state index in [1.807, 2.05) is 0 Å². The first kappa shape index (κ1) is 28.6. The molecular weight excluding hydrogens is 551 g/mol. The van der Waals surface area contributed by atoms with Gasteiger partial charge in [-0.15, -0.1) is 13.2 Å². The first-order valence-corrected chi connectivity index (χ1v) is 12.1. The van der Waals surface area contributed by atoms with Crippen molar-refractivity contribution in [3.8, 4) is 17.1 Å². The Morgan fingerprint density at radius 2 is 1.82 bits per heavy atom. The lowest BCUT2D eigenvalue weighted by atomic mass is 10.1. The first-order valence-electron chi connectivity index (χ1n) is 11.8. The Hall–Kier alpha value is -4.42. The van der Waals surface area contributed by atoms with Gasteiger partial charge in [-0.1, -0.05) is 29.8 Å². The fourth-order valence-corrected chi connectivity index (χ4v) is 4.00. The average molecular weight is 574 g/mol. The van der Waals surface area contributed by atoms with E-state index in [9.17, 15) is 22.8 Å². The maximum absolute atomic E-state index is 13.1. The minimum Gasteiger partial charge on any atom is -0.406 e. The fraction of sp³-hybridized carbons (Fsp3) is 0.185. The van der Waals surface area contributed by atoms with Gasteiger partial charge in [0.05, 0.1) is 16.1 Å². The van der Waals surface area contributed by atoms with E-state index >= 15 is 0 Å². The third-order valence-electron chi connectivity index (χ3n) is 5.56. The molecule has 1 heterocycles. The molecule has 40 heavy (non-hydrogen) atoms. The summed E-state index contributed by atoms with van der Waals surface area (Å²) in [5.74, 6) is -0.611. The summed E-state index contributed by atoms with van der Waals surface area (Å²) in [6.07, 6.45) is -4.84. The molecule has 0 atom stereocenters. The van der Waals surface area contributed by atoms with Gasteiger partial charge in [-0.25, -0.2) is 9.97 Å². The van der Waals surface area contributed by atoms with Gasteiger partial charge in [0.25, 0.3) is 5.91 Å². The zero-order valence-corrected chi connectivity index (χ0v) is 22.0. The van der Waals surface area contributed by atoms with E-state index in [4.69, 9.17) is 16.3 Å². The van der Waals surface area contributed by atoms with Crippen LogP contribution in [0.3, 0.4) is 0 Å². The van der Waals surface area contributed by atoms with Crippen LogP contribution in [0.5, 0.6) is 5.75 Å². The van der Waals surface area contributed by atoms with Crippen LogP contribution >= 0.6 is 11.6 Å². The SMILES string of the molecule is CNc1nc(-c2cccc(OC(F)(F)F)c2)nc2cc(NC(=O)c3cc(CNC(=O)COC)ccc3Cl)ccc12. The molecule has 0 saturated heterocycles. The molecule has 1 aromatic heterocycles. The normalized spacial score (nSPS) is 11.2. The van der Waals surface area contributed by atoms with Gasteiger partial charge in [-0.05, 0) is 48.0 Å². The number of nitrogens with one attached hydrogen (secondary N) is 3. The summed E-state index contributed by atoms with van der Waals surface area (Å²) >= 11 is 6.27. The molecule has 0 bridgehead atoms. The Morgan fingerprint density at radius 1 is 1.02 bits per heavy atom. The molecule has 2 amide bonds. The summed E-state index contributed by atoms with van der Waals surface area (Å²) in [5.41, 5.74) is 1.98. The molecule has 0 aliphatic carbocycles. The number of amides is 2. The highest BCUT2D eigenvalue weighted by Crippen LogP contribution is 2.30. The van der Waals surface area contributed by atoms with Crippen LogP contribution in [0, 0.1) is 0 Å². The predicted molar refractivity (Wildman–Crippen MR) is 144 cm³/mol. The smallest absolute Gasteiger partial charge is 0.406 e. The van der Waals surface area contributed by atoms with Crippen molar-refractivity contribution in [2.45, 2.75) is 12.9 Å². The Morgan fingerprint density at radius 3 is 2.55 bits per heavy atom. The lowest BCUT2D eigenvalue weighted by molar-refractivity contribution is -0.274. The molecule has 3 N–H and O–H groups in total. The number of carbonyl (C=O) groups excluding carboxylic acids is 2. The highest BCUT2D eigenvalue weighted by atomic mass is 35.5. The number of alkyl halides is 3. The summed E-state index contributed by atoms with van der Waals surface area (Å²) in [5, 5.41) is 9.25. The summed E-state index contributed by atoms with van der Waals surface area (Å²) in [4.78, 5) is 33.7. The molecule has 13 heteroatoms. The van der Waals surface area contributed by atoms with Crippen LogP contribution in [0.1, 0.15) is 15.9 Å². The summed E-state index contributed by atoms with van der Waals surface area (Å²) in [7, 11) is 3.06. The minimum absolute atomic E-state index is 0.0871. The molecule has 0 aliphatic heterocycles. The highest BCUT2D eigenvalue weighted by molar-refractivity contribution is 6.34. The quantitative estimate of drug-likeness (QED) is 0.245. The van der Waals surface area contributed by atoms with Crippen molar-refractivity contribution >= 4 is 45.8 Å². The van der Waals surface area contributed by atoms with Crippen LogP contribution in [0.2, 0.25) is 5.02 Å². The summed E-state index contributed by atoms with van der Waals surface area (Å²) < 4.78 is 46.9. The molecule has 0 aliphatic rings. The maximum atomic E-state index is 13.1. The number of nitrogens with zero attached hydrogens (tertiary/aromatic N) is 2. The van der Waals surface area contributed by atoms with Crippen molar-refractivity contribution < 1.29 is 32.2 Å². The Kier molecular flexibility index (Phi) is 8.70. The lowest BCUT2D eigenvalue weighted by Crippen LogP contribution is -2.26. The zero-order valence-electron chi connectivity index (χ0n) is 21.2. The van der Waals surface area contributed by atoms with Crippen LogP contribution < -0.4 is 20.7 Å². The van der Waals surface area contributed by atoms with E-state index in [1.54, 1.807) is 49.5 Å². The number of rotatable bonds is 9. The number of methoxy groups -OCH3 is 1. The van der Waals surface area contributed by atoms with Gasteiger partial charge >= 0.3 is 6.36 Å². The van der Waals surface area contributed by atoms with Crippen molar-refractivity contribution in [3.63, 3.8) is 0 Å². The molecule has 4 aromatic rings. The van der Waals surface area contributed by atoms with E-state index in [-0.39, 0.29) is 35.5 Å². The van der Waals surface area contributed by atoms with Crippen molar-refractivity contribution in [2.75, 3.05) is 31.4 Å². The number of benzene rings is 3. The molecule has 0 radical (unpaired) electrons. The van der Waals surface area contributed by atoms with Crippen molar-refractivity contribution in [1.82, 2.24) is 15.3 Å². The van der Waals surface area contributed by atoms with E-state index in [0.29, 0.717) is 33.5 Å². The number of hydrogen-bond acceptors (Lipinski definition) is 7. The number of anilines is 2. The van der Waals surface area contributed by atoms with Crippen molar-refractivity contribution in [2.24, 2.45) is 0 Å². The second-order valence-electron chi connectivity index (χ2n) is 8.43. The van der Waals surface area contributed by atoms with Crippen LogP contribution in [0.4, 0.5) is 24.7 Å². The molecule has 0 saturated carbocycles. The summed E-state index contributed by atoms with van der Waals surface area (Å²) in [6, 6.07) is 15.1. The minimum atomic E-state index is -4.84. The first-order chi connectivity index (χ1) is 19.1. The van der Waals surface area contributed by atoms with Gasteiger partial charge < -0.3 is 25.4 Å². The van der Waals surface area contributed by atoms with E-state index < -0.39 is 18.0 Å². The van der Waals surface area contributed by atoms with Gasteiger partial charge in [-0.2, -0.15) is 0 Å². The van der Waals surface area contributed by atoms with Crippen LogP contribution in [0.25, 0.3) is 22.3 Å². The van der Waals surface area contributed by atoms with Crippen molar-refractivity contribution in [3.05, 3.63) is 76.8 Å². The Balaban J connectivity index is 1.61. The van der Waals surface area contributed by atoms with Gasteiger partial charge in [0.15, 0.2) is 5.82 Å². The third-order valence-corrected chi connectivity index (χ3v) is 5.89. The van der Waals surface area contributed by atoms with E-state index in [0.717, 1.165) is 0 Å². The second kappa shape index (κ2) is 12.2. The number of halogens is 4. The van der Waals surface area contributed by atoms with Crippen LogP contribution in [-0.2, 0) is 16.1 Å². The van der Waals surface area contributed by atoms with E-state index in [1.165, 1.54) is 25.3 Å². The molecule has 3 aromatic carbocycles. The molecule has 0 unspecified atom stereocenters. The van der Waals surface area contributed by atoms with Crippen LogP contribution in [0.15, 0.2) is 60.7 Å². The van der Waals surface area contributed by atoms with Crippen molar-refractivity contribution in [1.29, 1.82) is 0 Å². The largest absolute Gasteiger partial charge is 0.573 e. The van der Waals surface area contributed by atoms with Crippen LogP contribution in [-0.4, -0.2) is 48.9 Å². The van der Waals surface area contributed by atoms with Gasteiger partial charge in [-0.3, -0.25) is 9.59 Å². The molecule has 0 spiro atoms. The zero-order chi connectivity index (χ0) is 28.9. The fourth-order valence-electron chi connectivity index (χ4n) is 3.80. The monoisotopic (exact) mass is 573 g/mol. The van der Waals surface area contributed by atoms with Gasteiger partial charge in [0.2, 0.25) is 5.91 Å². The predicted octanol–water partition coefficient (Wildman–Crippen LogP) is 5.41. The van der Waals surface area contributed by atoms with Gasteiger partial charge in [0, 0.05) is 37.3 Å². The average Bonchev–Trinajstić information content (AvgIpc) is 2.91. The highest BCUT2D eigenvalue weighted by Gasteiger charge is 2.31. The molecule has 9 nitrogen and oxygen atoms in total. The van der Waals surface area contributed by atoms with E-state index in [2.05, 4.69) is 30.7 Å². The Bertz CT molecular complexity index is 1570. The lowest BCUT2D eigenvalue weighted by Gasteiger charge is -2.13.